The van der Waals surface area contributed by atoms with E-state index in [1.807, 2.05) is 0 Å². The van der Waals surface area contributed by atoms with Gasteiger partial charge in [-0.15, -0.1) is 0 Å². The first-order chi connectivity index (χ1) is 8.29. The molecule has 0 spiro atoms. The van der Waals surface area contributed by atoms with Crippen LogP contribution < -0.4 is 10.1 Å². The molecule has 0 radical (unpaired) electrons. The van der Waals surface area contributed by atoms with Gasteiger partial charge < -0.3 is 15.0 Å². The van der Waals surface area contributed by atoms with E-state index in [1.165, 1.54) is 39.1 Å². The van der Waals surface area contributed by atoms with Crippen LogP contribution in [0.15, 0.2) is 18.2 Å². The molecule has 0 aromatic heterocycles. The summed E-state index contributed by atoms with van der Waals surface area (Å²) in [5, 5.41) is 3.29. The number of hydrogen-bond donors (Lipinski definition) is 1. The Bertz CT molecular complexity index is 364. The Morgan fingerprint density at radius 2 is 2.12 bits per heavy atom. The van der Waals surface area contributed by atoms with Gasteiger partial charge in [-0.2, -0.15) is 0 Å². The molecule has 1 aromatic rings. The average Bonchev–Trinajstić information content (AvgIpc) is 2.84. The largest absolute Gasteiger partial charge is 0.494 e. The van der Waals surface area contributed by atoms with Crippen LogP contribution >= 0.6 is 0 Å². The molecule has 3 nitrogen and oxygen atoms in total. The van der Waals surface area contributed by atoms with Crippen molar-refractivity contribution in [2.24, 2.45) is 0 Å². The van der Waals surface area contributed by atoms with Gasteiger partial charge in [0, 0.05) is 24.8 Å². The van der Waals surface area contributed by atoms with Crippen LogP contribution in [0, 0.1) is 5.82 Å². The van der Waals surface area contributed by atoms with Crippen molar-refractivity contribution in [3.05, 3.63) is 24.0 Å². The van der Waals surface area contributed by atoms with Crippen molar-refractivity contribution in [3.63, 3.8) is 0 Å². The average molecular weight is 238 g/mol. The maximum Gasteiger partial charge on any atom is 0.165 e. The smallest absolute Gasteiger partial charge is 0.165 e. The molecule has 1 aromatic carbocycles. The minimum Gasteiger partial charge on any atom is -0.494 e. The molecule has 1 fully saturated rings. The summed E-state index contributed by atoms with van der Waals surface area (Å²) in [7, 11) is 1.48. The minimum atomic E-state index is -0.322. The SMILES string of the molecule is COc1cc(NCCN2CCCC2)ccc1F. The van der Waals surface area contributed by atoms with E-state index in [9.17, 15) is 4.39 Å². The Kier molecular flexibility index (Phi) is 4.20. The van der Waals surface area contributed by atoms with Crippen molar-refractivity contribution in [1.82, 2.24) is 4.90 Å². The zero-order chi connectivity index (χ0) is 12.1. The number of nitrogens with zero attached hydrogens (tertiary/aromatic N) is 1. The second-order valence-corrected chi connectivity index (χ2v) is 4.32. The maximum atomic E-state index is 13.2. The third-order valence-electron chi connectivity index (χ3n) is 3.11. The number of anilines is 1. The van der Waals surface area contributed by atoms with Gasteiger partial charge in [-0.1, -0.05) is 0 Å². The highest BCUT2D eigenvalue weighted by Gasteiger charge is 2.10. The molecule has 0 bridgehead atoms. The lowest BCUT2D eigenvalue weighted by Crippen LogP contribution is -2.25. The van der Waals surface area contributed by atoms with E-state index in [-0.39, 0.29) is 11.6 Å². The Balaban J connectivity index is 1.81. The lowest BCUT2D eigenvalue weighted by atomic mass is 10.3. The van der Waals surface area contributed by atoms with Gasteiger partial charge in [0.25, 0.3) is 0 Å². The molecule has 1 N–H and O–H groups in total. The topological polar surface area (TPSA) is 24.5 Å². The van der Waals surface area contributed by atoms with E-state index >= 15 is 0 Å². The zero-order valence-electron chi connectivity index (χ0n) is 10.2. The van der Waals surface area contributed by atoms with Gasteiger partial charge in [-0.3, -0.25) is 0 Å². The molecular weight excluding hydrogens is 219 g/mol. The molecule has 4 heteroatoms. The number of benzene rings is 1. The number of methoxy groups -OCH3 is 1. The molecule has 0 amide bonds. The zero-order valence-corrected chi connectivity index (χ0v) is 10.2. The first kappa shape index (κ1) is 12.2. The summed E-state index contributed by atoms with van der Waals surface area (Å²) in [6, 6.07) is 4.86. The fourth-order valence-electron chi connectivity index (χ4n) is 2.13. The van der Waals surface area contributed by atoms with Gasteiger partial charge in [0.1, 0.15) is 0 Å². The fourth-order valence-corrected chi connectivity index (χ4v) is 2.13. The summed E-state index contributed by atoms with van der Waals surface area (Å²) >= 11 is 0. The Labute approximate surface area is 102 Å². The minimum absolute atomic E-state index is 0.288. The summed E-state index contributed by atoms with van der Waals surface area (Å²) in [5.41, 5.74) is 0.905. The van der Waals surface area contributed by atoms with Gasteiger partial charge in [0.2, 0.25) is 0 Å². The van der Waals surface area contributed by atoms with E-state index in [0.717, 1.165) is 18.8 Å². The second kappa shape index (κ2) is 5.87. The molecule has 0 atom stereocenters. The number of halogens is 1. The van der Waals surface area contributed by atoms with Crippen molar-refractivity contribution in [1.29, 1.82) is 0 Å². The van der Waals surface area contributed by atoms with E-state index in [1.54, 1.807) is 12.1 Å². The third-order valence-corrected chi connectivity index (χ3v) is 3.11. The first-order valence-corrected chi connectivity index (χ1v) is 6.09. The number of rotatable bonds is 5. The van der Waals surface area contributed by atoms with E-state index in [0.29, 0.717) is 0 Å². The molecule has 0 unspecified atom stereocenters. The van der Waals surface area contributed by atoms with Crippen molar-refractivity contribution in [3.8, 4) is 5.75 Å². The van der Waals surface area contributed by atoms with Crippen LogP contribution in [0.1, 0.15) is 12.8 Å². The maximum absolute atomic E-state index is 13.2. The van der Waals surface area contributed by atoms with Gasteiger partial charge in [-0.25, -0.2) is 4.39 Å². The molecule has 0 aliphatic carbocycles. The van der Waals surface area contributed by atoms with Crippen LogP contribution in [0.4, 0.5) is 10.1 Å². The van der Waals surface area contributed by atoms with E-state index in [4.69, 9.17) is 4.74 Å². The summed E-state index contributed by atoms with van der Waals surface area (Å²) in [4.78, 5) is 2.44. The van der Waals surface area contributed by atoms with Crippen molar-refractivity contribution >= 4 is 5.69 Å². The molecular formula is C13H19FN2O. The predicted octanol–water partition coefficient (Wildman–Crippen LogP) is 2.34. The van der Waals surface area contributed by atoms with Gasteiger partial charge in [-0.05, 0) is 38.1 Å². The van der Waals surface area contributed by atoms with Gasteiger partial charge >= 0.3 is 0 Å². The van der Waals surface area contributed by atoms with Crippen LogP contribution in [-0.2, 0) is 0 Å². The predicted molar refractivity (Wildman–Crippen MR) is 67.1 cm³/mol. The fraction of sp³-hybridized carbons (Fsp3) is 0.538. The molecule has 1 aliphatic heterocycles. The molecule has 1 saturated heterocycles. The van der Waals surface area contributed by atoms with Gasteiger partial charge in [0.15, 0.2) is 11.6 Å². The highest BCUT2D eigenvalue weighted by molar-refractivity contribution is 5.48. The van der Waals surface area contributed by atoms with E-state index < -0.39 is 0 Å². The second-order valence-electron chi connectivity index (χ2n) is 4.32. The van der Waals surface area contributed by atoms with Crippen molar-refractivity contribution < 1.29 is 9.13 Å². The lowest BCUT2D eigenvalue weighted by molar-refractivity contribution is 0.352. The first-order valence-electron chi connectivity index (χ1n) is 6.09. The Hall–Kier alpha value is -1.29. The lowest BCUT2D eigenvalue weighted by Gasteiger charge is -2.15. The summed E-state index contributed by atoms with van der Waals surface area (Å²) in [5.74, 6) is -0.0336. The third kappa shape index (κ3) is 3.33. The Morgan fingerprint density at radius 3 is 2.82 bits per heavy atom. The number of ether oxygens (including phenoxy) is 1. The van der Waals surface area contributed by atoms with Crippen molar-refractivity contribution in [2.45, 2.75) is 12.8 Å². The molecule has 17 heavy (non-hydrogen) atoms. The highest BCUT2D eigenvalue weighted by atomic mass is 19.1. The molecule has 94 valence electrons. The number of likely N-dealkylation sites (tertiary alicyclic amines) is 1. The molecule has 2 rings (SSSR count). The number of hydrogen-bond acceptors (Lipinski definition) is 3. The van der Waals surface area contributed by atoms with Crippen LogP contribution in [-0.4, -0.2) is 38.2 Å². The summed E-state index contributed by atoms with van der Waals surface area (Å²) in [6.45, 7) is 4.33. The van der Waals surface area contributed by atoms with Crippen LogP contribution in [0.2, 0.25) is 0 Å². The quantitative estimate of drug-likeness (QED) is 0.852. The van der Waals surface area contributed by atoms with Crippen molar-refractivity contribution in [2.75, 3.05) is 38.6 Å². The van der Waals surface area contributed by atoms with Gasteiger partial charge in [0.05, 0.1) is 7.11 Å². The summed E-state index contributed by atoms with van der Waals surface area (Å²) < 4.78 is 18.1. The monoisotopic (exact) mass is 238 g/mol. The highest BCUT2D eigenvalue weighted by Crippen LogP contribution is 2.21. The standard InChI is InChI=1S/C13H19FN2O/c1-17-13-10-11(4-5-12(13)14)15-6-9-16-7-2-3-8-16/h4-5,10,15H,2-3,6-9H2,1H3. The van der Waals surface area contributed by atoms with Crippen LogP contribution in [0.3, 0.4) is 0 Å². The number of nitrogens with one attached hydrogen (secondary N) is 1. The summed E-state index contributed by atoms with van der Waals surface area (Å²) in [6.07, 6.45) is 2.62. The molecule has 1 heterocycles. The normalized spacial score (nSPS) is 16.1. The Morgan fingerprint density at radius 1 is 1.35 bits per heavy atom. The van der Waals surface area contributed by atoms with Crippen LogP contribution in [0.5, 0.6) is 5.75 Å². The molecule has 1 aliphatic rings. The molecule has 0 saturated carbocycles. The van der Waals surface area contributed by atoms with E-state index in [2.05, 4.69) is 10.2 Å². The van der Waals surface area contributed by atoms with Crippen LogP contribution in [0.25, 0.3) is 0 Å².